The van der Waals surface area contributed by atoms with Crippen LogP contribution < -0.4 is 0 Å². The maximum atomic E-state index is 11.8. The molecule has 0 aromatic carbocycles. The van der Waals surface area contributed by atoms with Crippen molar-refractivity contribution in [2.45, 2.75) is 167 Å². The summed E-state index contributed by atoms with van der Waals surface area (Å²) in [7, 11) is 0. The van der Waals surface area contributed by atoms with Crippen molar-refractivity contribution in [1.29, 1.82) is 0 Å². The predicted octanol–water partition coefficient (Wildman–Crippen LogP) is 7.40. The fourth-order valence-corrected chi connectivity index (χ4v) is 4.18. The molecule has 0 saturated carbocycles. The van der Waals surface area contributed by atoms with Gasteiger partial charge in [-0.05, 0) is 12.8 Å². The number of rotatable bonds is 24. The molecule has 0 fully saturated rings. The van der Waals surface area contributed by atoms with Crippen molar-refractivity contribution in [3.05, 3.63) is 0 Å². The van der Waals surface area contributed by atoms with Gasteiger partial charge in [-0.15, -0.1) is 0 Å². The second-order valence-electron chi connectivity index (χ2n) is 9.80. The quantitative estimate of drug-likeness (QED) is 0.0872. The molecular weight excluding hydrogens is 416 g/mol. The number of aliphatic hydroxyl groups excluding tert-OH is 2. The summed E-state index contributed by atoms with van der Waals surface area (Å²) in [6, 6.07) is 0. The number of ether oxygens (including phenoxy) is 1. The van der Waals surface area contributed by atoms with Gasteiger partial charge in [-0.2, -0.15) is 0 Å². The van der Waals surface area contributed by atoms with Crippen LogP contribution in [-0.4, -0.2) is 34.4 Å². The van der Waals surface area contributed by atoms with Gasteiger partial charge in [0.2, 0.25) is 0 Å². The lowest BCUT2D eigenvalue weighted by Crippen LogP contribution is -2.22. The topological polar surface area (TPSA) is 83.8 Å². The Balaban J connectivity index is 3.61. The second-order valence-corrected chi connectivity index (χ2v) is 9.80. The number of hydrogen-bond acceptors (Lipinski definition) is 5. The minimum Gasteiger partial charge on any atom is -0.393 e. The Morgan fingerprint density at radius 1 is 0.515 bits per heavy atom. The van der Waals surface area contributed by atoms with Crippen LogP contribution in [-0.2, 0) is 14.3 Å². The van der Waals surface area contributed by atoms with Gasteiger partial charge in [0.15, 0.2) is 0 Å². The third kappa shape index (κ3) is 24.0. The molecule has 0 spiro atoms. The first-order valence-electron chi connectivity index (χ1n) is 14.1. The zero-order chi connectivity index (χ0) is 24.6. The van der Waals surface area contributed by atoms with Crippen molar-refractivity contribution < 1.29 is 24.5 Å². The molecule has 0 saturated heterocycles. The lowest BCUT2D eigenvalue weighted by Gasteiger charge is -2.11. The van der Waals surface area contributed by atoms with Crippen LogP contribution in [0.3, 0.4) is 0 Å². The van der Waals surface area contributed by atoms with Gasteiger partial charge >= 0.3 is 11.9 Å². The third-order valence-electron chi connectivity index (χ3n) is 6.31. The average Bonchev–Trinajstić information content (AvgIpc) is 2.76. The molecule has 0 amide bonds. The van der Waals surface area contributed by atoms with E-state index in [1.165, 1.54) is 89.9 Å². The van der Waals surface area contributed by atoms with E-state index in [0.29, 0.717) is 12.8 Å². The molecule has 0 heterocycles. The molecule has 5 nitrogen and oxygen atoms in total. The Kier molecular flexibility index (Phi) is 23.5. The number of carbonyl (C=O) groups is 2. The van der Waals surface area contributed by atoms with Crippen LogP contribution in [0.25, 0.3) is 0 Å². The van der Waals surface area contributed by atoms with Gasteiger partial charge in [0.05, 0.1) is 25.0 Å². The molecule has 2 atom stereocenters. The van der Waals surface area contributed by atoms with Crippen molar-refractivity contribution in [3.63, 3.8) is 0 Å². The van der Waals surface area contributed by atoms with E-state index in [-0.39, 0.29) is 12.8 Å². The fraction of sp³-hybridized carbons (Fsp3) is 0.929. The van der Waals surface area contributed by atoms with E-state index in [1.54, 1.807) is 0 Å². The molecule has 2 unspecified atom stereocenters. The molecular formula is C28H54O5. The molecule has 2 N–H and O–H groups in total. The number of unbranched alkanes of at least 4 members (excludes halogenated alkanes) is 16. The van der Waals surface area contributed by atoms with Crippen molar-refractivity contribution in [1.82, 2.24) is 0 Å². The molecule has 0 rings (SSSR count). The summed E-state index contributed by atoms with van der Waals surface area (Å²) in [5.74, 6) is -1.39. The minimum atomic E-state index is -0.762. The normalized spacial score (nSPS) is 13.1. The Bertz CT molecular complexity index is 412. The van der Waals surface area contributed by atoms with Crippen LogP contribution in [0.4, 0.5) is 0 Å². The summed E-state index contributed by atoms with van der Waals surface area (Å²) in [6.45, 7) is 4.44. The average molecular weight is 471 g/mol. The van der Waals surface area contributed by atoms with E-state index in [4.69, 9.17) is 4.74 Å². The molecule has 0 aromatic heterocycles. The van der Waals surface area contributed by atoms with Crippen LogP contribution in [0.15, 0.2) is 0 Å². The van der Waals surface area contributed by atoms with Crippen molar-refractivity contribution in [2.75, 3.05) is 0 Å². The monoisotopic (exact) mass is 470 g/mol. The number of carbonyl (C=O) groups excluding carboxylic acids is 2. The predicted molar refractivity (Wildman–Crippen MR) is 136 cm³/mol. The van der Waals surface area contributed by atoms with Crippen LogP contribution >= 0.6 is 0 Å². The molecule has 0 aromatic rings. The molecule has 0 aliphatic rings. The van der Waals surface area contributed by atoms with E-state index in [2.05, 4.69) is 13.8 Å². The molecule has 5 heteroatoms. The number of hydrogen-bond donors (Lipinski definition) is 2. The van der Waals surface area contributed by atoms with Gasteiger partial charge in [-0.1, -0.05) is 129 Å². The Hall–Kier alpha value is -0.940. The first kappa shape index (κ1) is 32.1. The molecule has 196 valence electrons. The summed E-state index contributed by atoms with van der Waals surface area (Å²) < 4.78 is 4.78. The van der Waals surface area contributed by atoms with Crippen molar-refractivity contribution in [2.24, 2.45) is 0 Å². The van der Waals surface area contributed by atoms with E-state index in [1.807, 2.05) is 0 Å². The highest BCUT2D eigenvalue weighted by Gasteiger charge is 2.18. The molecule has 33 heavy (non-hydrogen) atoms. The molecule has 0 aliphatic heterocycles. The highest BCUT2D eigenvalue weighted by molar-refractivity contribution is 5.85. The largest absolute Gasteiger partial charge is 0.393 e. The van der Waals surface area contributed by atoms with Gasteiger partial charge in [-0.3, -0.25) is 9.59 Å². The van der Waals surface area contributed by atoms with E-state index in [9.17, 15) is 19.8 Å². The smallest absolute Gasteiger partial charge is 0.316 e. The summed E-state index contributed by atoms with van der Waals surface area (Å²) in [5.41, 5.74) is 0. The van der Waals surface area contributed by atoms with Crippen LogP contribution in [0, 0.1) is 0 Å². The highest BCUT2D eigenvalue weighted by Crippen LogP contribution is 2.14. The van der Waals surface area contributed by atoms with Gasteiger partial charge in [-0.25, -0.2) is 0 Å². The number of aliphatic hydroxyl groups is 2. The molecule has 0 radical (unpaired) electrons. The maximum Gasteiger partial charge on any atom is 0.316 e. The summed E-state index contributed by atoms with van der Waals surface area (Å²) >= 11 is 0. The highest BCUT2D eigenvalue weighted by atomic mass is 16.6. The van der Waals surface area contributed by atoms with Gasteiger partial charge in [0.25, 0.3) is 0 Å². The summed E-state index contributed by atoms with van der Waals surface area (Å²) in [5, 5.41) is 20.0. The van der Waals surface area contributed by atoms with Gasteiger partial charge in [0.1, 0.15) is 0 Å². The summed E-state index contributed by atoms with van der Waals surface area (Å²) in [4.78, 5) is 23.7. The van der Waals surface area contributed by atoms with E-state index < -0.39 is 24.1 Å². The summed E-state index contributed by atoms with van der Waals surface area (Å²) in [6.07, 6.45) is 21.0. The first-order valence-corrected chi connectivity index (χ1v) is 14.1. The zero-order valence-corrected chi connectivity index (χ0v) is 21.8. The number of esters is 2. The first-order chi connectivity index (χ1) is 16.0. The second kappa shape index (κ2) is 24.2. The Labute approximate surface area is 204 Å². The lowest BCUT2D eigenvalue weighted by molar-refractivity contribution is -0.162. The zero-order valence-electron chi connectivity index (χ0n) is 21.8. The maximum absolute atomic E-state index is 11.8. The van der Waals surface area contributed by atoms with Crippen molar-refractivity contribution >= 4 is 11.9 Å². The van der Waals surface area contributed by atoms with Gasteiger partial charge in [0, 0.05) is 0 Å². The lowest BCUT2D eigenvalue weighted by atomic mass is 10.0. The van der Waals surface area contributed by atoms with Crippen molar-refractivity contribution in [3.8, 4) is 0 Å². The molecule has 0 bridgehead atoms. The Morgan fingerprint density at radius 2 is 0.788 bits per heavy atom. The van der Waals surface area contributed by atoms with E-state index in [0.717, 1.165) is 25.7 Å². The SMILES string of the molecule is CCCCCCCCCCCC(O)CC(=O)OC(=O)CC(O)CCCCCCCCCCC. The van der Waals surface area contributed by atoms with Crippen LogP contribution in [0.5, 0.6) is 0 Å². The van der Waals surface area contributed by atoms with Crippen LogP contribution in [0.1, 0.15) is 155 Å². The van der Waals surface area contributed by atoms with E-state index >= 15 is 0 Å². The third-order valence-corrected chi connectivity index (χ3v) is 6.31. The standard InChI is InChI=1S/C28H54O5/c1-3-5-7-9-11-13-15-17-19-21-25(29)23-27(31)33-28(32)24-26(30)22-20-18-16-14-12-10-8-6-4-2/h25-26,29-30H,3-24H2,1-2H3. The molecule has 0 aliphatic carbocycles. The van der Waals surface area contributed by atoms with Gasteiger partial charge < -0.3 is 14.9 Å². The minimum absolute atomic E-state index is 0.156. The van der Waals surface area contributed by atoms with Crippen LogP contribution in [0.2, 0.25) is 0 Å². The Morgan fingerprint density at radius 3 is 1.09 bits per heavy atom. The fourth-order valence-electron chi connectivity index (χ4n) is 4.18.